The Hall–Kier alpha value is -4.49. The lowest BCUT2D eigenvalue weighted by Crippen LogP contribution is -2.55. The van der Waals surface area contributed by atoms with E-state index in [1.54, 1.807) is 0 Å². The number of nitrogens with one attached hydrogen (secondary N) is 3. The first-order chi connectivity index (χ1) is 18.5. The van der Waals surface area contributed by atoms with E-state index in [1.165, 1.54) is 27.8 Å². The van der Waals surface area contributed by atoms with Crippen LogP contribution in [0.1, 0.15) is 37.8 Å². The summed E-state index contributed by atoms with van der Waals surface area (Å²) in [5.74, 6) is -4.66. The molecule has 0 fully saturated rings. The van der Waals surface area contributed by atoms with E-state index in [-0.39, 0.29) is 38.4 Å². The summed E-state index contributed by atoms with van der Waals surface area (Å²) in [6, 6.07) is -2.64. The molecule has 0 aliphatic rings. The fourth-order valence-electron chi connectivity index (χ4n) is 3.42. The minimum absolute atomic E-state index is 0.0419. The quantitative estimate of drug-likeness (QED) is 0.0425. The molecule has 0 radical (unpaired) electrons. The van der Waals surface area contributed by atoms with Crippen LogP contribution < -0.4 is 16.0 Å². The number of amides is 1. The molecule has 3 atom stereocenters. The van der Waals surface area contributed by atoms with Crippen LogP contribution in [-0.2, 0) is 32.3 Å². The van der Waals surface area contributed by atoms with Crippen LogP contribution in [-0.4, -0.2) is 98.7 Å². The largest absolute Gasteiger partial charge is 0.481 e. The van der Waals surface area contributed by atoms with Gasteiger partial charge < -0.3 is 35.9 Å². The van der Waals surface area contributed by atoms with Crippen molar-refractivity contribution in [3.8, 4) is 0 Å². The van der Waals surface area contributed by atoms with Gasteiger partial charge in [-0.3, -0.25) is 29.8 Å². The highest BCUT2D eigenvalue weighted by Crippen LogP contribution is 2.10. The number of unbranched alkanes of at least 4 members (excludes halogenated alkanes) is 1. The van der Waals surface area contributed by atoms with Crippen LogP contribution in [0.3, 0.4) is 0 Å². The van der Waals surface area contributed by atoms with Gasteiger partial charge in [0.15, 0.2) is 6.35 Å². The number of imidazole rings is 1. The summed E-state index contributed by atoms with van der Waals surface area (Å²) in [4.78, 5) is 59.4. The summed E-state index contributed by atoms with van der Waals surface area (Å²) < 4.78 is 2.53. The zero-order valence-corrected chi connectivity index (χ0v) is 20.5. The van der Waals surface area contributed by atoms with Crippen LogP contribution in [0.15, 0.2) is 18.6 Å². The number of nitrogens with zero attached hydrogens (tertiary/aromatic N) is 6. The summed E-state index contributed by atoms with van der Waals surface area (Å²) in [6.07, 6.45) is 2.44. The predicted octanol–water partition coefficient (Wildman–Crippen LogP) is -2.06. The molecule has 1 amide bonds. The molecular weight excluding hydrogens is 526 g/mol. The Bertz CT molecular complexity index is 1150. The van der Waals surface area contributed by atoms with Crippen molar-refractivity contribution in [3.05, 3.63) is 34.4 Å². The highest BCUT2D eigenvalue weighted by atomic mass is 16.6. The van der Waals surface area contributed by atoms with E-state index in [0.29, 0.717) is 18.5 Å². The van der Waals surface area contributed by atoms with Crippen LogP contribution in [0.5, 0.6) is 0 Å². The standard InChI is InChI=1S/C20H29N9O10/c30-15(11-28-10-12(25-26-28)9-27-8-7-22-20(27)29(38)39)21-6-2-1-3-13(17(33)34)23-19(37)24-14(18(35)36)4-5-16(31)32/h7-8,10,13-14,19,23-24,37H,1-6,9,11H2,(H,21,30)(H,31,32)(H,33,34)(H,35,36)/t13?,14-,19?/m0/s1. The number of carboxylic acid groups (broad SMARTS) is 3. The van der Waals surface area contributed by atoms with Crippen LogP contribution in [0.25, 0.3) is 0 Å². The Balaban J connectivity index is 1.71. The van der Waals surface area contributed by atoms with E-state index in [0.717, 1.165) is 0 Å². The van der Waals surface area contributed by atoms with Crippen molar-refractivity contribution in [1.82, 2.24) is 40.5 Å². The lowest BCUT2D eigenvalue weighted by Gasteiger charge is -2.23. The Kier molecular flexibility index (Phi) is 11.9. The van der Waals surface area contributed by atoms with Gasteiger partial charge in [0.2, 0.25) is 5.91 Å². The molecule has 0 spiro atoms. The number of carboxylic acids is 3. The maximum atomic E-state index is 12.1. The van der Waals surface area contributed by atoms with Gasteiger partial charge in [-0.25, -0.2) is 9.25 Å². The van der Waals surface area contributed by atoms with Crippen molar-refractivity contribution in [2.45, 2.75) is 63.6 Å². The van der Waals surface area contributed by atoms with E-state index >= 15 is 0 Å². The van der Waals surface area contributed by atoms with E-state index in [2.05, 4.69) is 31.2 Å². The number of hydrogen-bond acceptors (Lipinski definition) is 12. The second-order valence-corrected chi connectivity index (χ2v) is 8.32. The molecule has 2 aromatic heterocycles. The Morgan fingerprint density at radius 3 is 2.33 bits per heavy atom. The van der Waals surface area contributed by atoms with Crippen molar-refractivity contribution >= 4 is 29.8 Å². The zero-order valence-electron chi connectivity index (χ0n) is 20.5. The van der Waals surface area contributed by atoms with Gasteiger partial charge in [-0.2, -0.15) is 0 Å². The number of aliphatic carboxylic acids is 3. The molecule has 2 aromatic rings. The molecule has 214 valence electrons. The summed E-state index contributed by atoms with van der Waals surface area (Å²) >= 11 is 0. The number of hydrogen-bond donors (Lipinski definition) is 7. The fourth-order valence-corrected chi connectivity index (χ4v) is 3.42. The molecule has 39 heavy (non-hydrogen) atoms. The molecule has 19 nitrogen and oxygen atoms in total. The van der Waals surface area contributed by atoms with Crippen LogP contribution in [0.2, 0.25) is 0 Å². The Labute approximate surface area is 220 Å². The van der Waals surface area contributed by atoms with E-state index < -0.39 is 53.6 Å². The molecule has 0 aliphatic heterocycles. The number of rotatable bonds is 19. The maximum Gasteiger partial charge on any atom is 0.434 e. The average Bonchev–Trinajstić information content (AvgIpc) is 3.50. The number of nitro groups is 1. The van der Waals surface area contributed by atoms with Gasteiger partial charge in [0.25, 0.3) is 0 Å². The first kappa shape index (κ1) is 30.7. The van der Waals surface area contributed by atoms with Gasteiger partial charge in [0, 0.05) is 13.0 Å². The highest BCUT2D eigenvalue weighted by Gasteiger charge is 2.25. The van der Waals surface area contributed by atoms with Crippen molar-refractivity contribution in [1.29, 1.82) is 0 Å². The average molecular weight is 556 g/mol. The fraction of sp³-hybridized carbons (Fsp3) is 0.550. The normalized spacial score (nSPS) is 13.4. The van der Waals surface area contributed by atoms with E-state index in [4.69, 9.17) is 10.2 Å². The number of carbonyl (C=O) groups is 4. The lowest BCUT2D eigenvalue weighted by molar-refractivity contribution is -0.396. The summed E-state index contributed by atoms with van der Waals surface area (Å²) in [5, 5.41) is 63.0. The van der Waals surface area contributed by atoms with Crippen LogP contribution in [0.4, 0.5) is 5.95 Å². The number of aromatic nitrogens is 5. The molecule has 19 heteroatoms. The molecule has 2 rings (SSSR count). The van der Waals surface area contributed by atoms with E-state index in [1.807, 2.05) is 0 Å². The molecule has 2 unspecified atom stereocenters. The zero-order chi connectivity index (χ0) is 28.9. The van der Waals surface area contributed by atoms with Crippen LogP contribution in [0, 0.1) is 10.1 Å². The number of aliphatic hydroxyl groups excluding tert-OH is 1. The van der Waals surface area contributed by atoms with Gasteiger partial charge in [0.05, 0.1) is 6.20 Å². The molecule has 2 heterocycles. The Morgan fingerprint density at radius 1 is 1.05 bits per heavy atom. The SMILES string of the molecule is O=C(O)CC[C@H](NC(O)NC(CCCCNC(=O)Cn1cc(Cn2ccnc2[N+](=O)[O-])nn1)C(=O)O)C(=O)O. The number of aliphatic hydroxyl groups is 1. The summed E-state index contributed by atoms with van der Waals surface area (Å²) in [5.41, 5.74) is 0.379. The molecule has 0 aliphatic carbocycles. The third kappa shape index (κ3) is 10.8. The number of carbonyl (C=O) groups excluding carboxylic acids is 1. The monoisotopic (exact) mass is 555 g/mol. The van der Waals surface area contributed by atoms with Crippen molar-refractivity contribution < 1.29 is 44.5 Å². The Morgan fingerprint density at radius 2 is 1.72 bits per heavy atom. The minimum Gasteiger partial charge on any atom is -0.481 e. The van der Waals surface area contributed by atoms with Gasteiger partial charge in [0.1, 0.15) is 43.3 Å². The second kappa shape index (κ2) is 15.1. The first-order valence-electron chi connectivity index (χ1n) is 11.6. The second-order valence-electron chi connectivity index (χ2n) is 8.32. The molecule has 0 bridgehead atoms. The maximum absolute atomic E-state index is 12.1. The topological polar surface area (TPSA) is 277 Å². The van der Waals surface area contributed by atoms with Crippen molar-refractivity contribution in [3.63, 3.8) is 0 Å². The van der Waals surface area contributed by atoms with Gasteiger partial charge in [-0.05, 0) is 30.6 Å². The van der Waals surface area contributed by atoms with E-state index in [9.17, 15) is 39.5 Å². The van der Waals surface area contributed by atoms with Crippen molar-refractivity contribution in [2.75, 3.05) is 6.54 Å². The van der Waals surface area contributed by atoms with Crippen LogP contribution >= 0.6 is 0 Å². The van der Waals surface area contributed by atoms with Gasteiger partial charge >= 0.3 is 23.9 Å². The van der Waals surface area contributed by atoms with Gasteiger partial charge in [-0.15, -0.1) is 5.10 Å². The molecule has 0 aromatic carbocycles. The molecular formula is C20H29N9O10. The first-order valence-corrected chi connectivity index (χ1v) is 11.6. The third-order valence-electron chi connectivity index (χ3n) is 5.28. The molecule has 0 saturated heterocycles. The highest BCUT2D eigenvalue weighted by molar-refractivity contribution is 5.76. The third-order valence-corrected chi connectivity index (χ3v) is 5.28. The summed E-state index contributed by atoms with van der Waals surface area (Å²) in [7, 11) is 0. The van der Waals surface area contributed by atoms with Crippen molar-refractivity contribution in [2.24, 2.45) is 0 Å². The predicted molar refractivity (Wildman–Crippen MR) is 127 cm³/mol. The summed E-state index contributed by atoms with van der Waals surface area (Å²) in [6.45, 7) is 0.0913. The lowest BCUT2D eigenvalue weighted by atomic mass is 10.1. The minimum atomic E-state index is -1.71. The molecule has 0 saturated carbocycles. The van der Waals surface area contributed by atoms with Gasteiger partial charge in [-0.1, -0.05) is 10.2 Å². The smallest absolute Gasteiger partial charge is 0.434 e. The molecule has 7 N–H and O–H groups in total.